The molecule has 108 valence electrons. The van der Waals surface area contributed by atoms with Crippen LogP contribution in [0.25, 0.3) is 0 Å². The molecule has 0 aromatic rings. The summed E-state index contributed by atoms with van der Waals surface area (Å²) in [6, 6.07) is -0.126. The first-order valence-corrected chi connectivity index (χ1v) is 7.73. The van der Waals surface area contributed by atoms with Crippen LogP contribution >= 0.6 is 11.8 Å². The highest BCUT2D eigenvalue weighted by Gasteiger charge is 2.42. The molecule has 0 aromatic carbocycles. The maximum atomic E-state index is 12.1. The Bertz CT molecular complexity index is 382. The third-order valence-corrected chi connectivity index (χ3v) is 5.73. The van der Waals surface area contributed by atoms with E-state index in [1.807, 2.05) is 11.8 Å². The number of hydrogen-bond donors (Lipinski definition) is 2. The summed E-state index contributed by atoms with van der Waals surface area (Å²) in [5.41, 5.74) is -0.788. The molecule has 0 aliphatic carbocycles. The number of urea groups is 1. The number of carboxylic acid groups (broad SMARTS) is 1. The van der Waals surface area contributed by atoms with Crippen molar-refractivity contribution in [3.8, 4) is 0 Å². The molecule has 19 heavy (non-hydrogen) atoms. The summed E-state index contributed by atoms with van der Waals surface area (Å²) in [7, 11) is 0. The molecule has 2 aliphatic rings. The monoisotopic (exact) mass is 286 g/mol. The van der Waals surface area contributed by atoms with Crippen LogP contribution in [0.4, 0.5) is 4.79 Å². The molecular weight excluding hydrogens is 264 g/mol. The second-order valence-corrected chi connectivity index (χ2v) is 7.78. The molecule has 2 rings (SSSR count). The SMILES string of the molecule is CC1(CNC(=O)N2CCC(C)(C(=O)O)C2)CCCS1. The molecule has 2 unspecified atom stereocenters. The molecule has 2 heterocycles. The van der Waals surface area contributed by atoms with Crippen molar-refractivity contribution in [2.45, 2.75) is 37.9 Å². The van der Waals surface area contributed by atoms with Crippen LogP contribution in [-0.2, 0) is 4.79 Å². The molecule has 2 aliphatic heterocycles. The van der Waals surface area contributed by atoms with Crippen LogP contribution in [-0.4, -0.2) is 52.1 Å². The number of likely N-dealkylation sites (tertiary alicyclic amines) is 1. The van der Waals surface area contributed by atoms with Gasteiger partial charge in [0.15, 0.2) is 0 Å². The standard InChI is InChI=1S/C13H22N2O3S/c1-12(10(16)17)5-6-15(9-12)11(18)14-8-13(2)4-3-7-19-13/h3-9H2,1-2H3,(H,14,18)(H,16,17). The molecule has 0 saturated carbocycles. The van der Waals surface area contributed by atoms with E-state index in [0.29, 0.717) is 26.1 Å². The Morgan fingerprint density at radius 1 is 1.37 bits per heavy atom. The number of aliphatic carboxylic acids is 1. The number of carbonyl (C=O) groups is 2. The van der Waals surface area contributed by atoms with Crippen molar-refractivity contribution in [1.82, 2.24) is 10.2 Å². The van der Waals surface area contributed by atoms with E-state index in [9.17, 15) is 9.59 Å². The number of carboxylic acids is 1. The van der Waals surface area contributed by atoms with Gasteiger partial charge in [0.2, 0.25) is 0 Å². The van der Waals surface area contributed by atoms with Gasteiger partial charge in [0.25, 0.3) is 0 Å². The van der Waals surface area contributed by atoms with Gasteiger partial charge in [-0.2, -0.15) is 11.8 Å². The van der Waals surface area contributed by atoms with E-state index in [1.54, 1.807) is 11.8 Å². The quantitative estimate of drug-likeness (QED) is 0.829. The summed E-state index contributed by atoms with van der Waals surface area (Å²) in [6.07, 6.45) is 2.87. The maximum absolute atomic E-state index is 12.1. The van der Waals surface area contributed by atoms with E-state index >= 15 is 0 Å². The summed E-state index contributed by atoms with van der Waals surface area (Å²) in [6.45, 7) is 5.38. The Morgan fingerprint density at radius 3 is 2.63 bits per heavy atom. The molecule has 2 saturated heterocycles. The average Bonchev–Trinajstić information content (AvgIpc) is 2.95. The van der Waals surface area contributed by atoms with Crippen molar-refractivity contribution in [2.24, 2.45) is 5.41 Å². The lowest BCUT2D eigenvalue weighted by atomic mass is 9.90. The number of amides is 2. The van der Waals surface area contributed by atoms with Gasteiger partial charge in [0.1, 0.15) is 0 Å². The predicted molar refractivity (Wildman–Crippen MR) is 75.4 cm³/mol. The van der Waals surface area contributed by atoms with Gasteiger partial charge in [0.05, 0.1) is 5.41 Å². The van der Waals surface area contributed by atoms with Crippen molar-refractivity contribution in [3.63, 3.8) is 0 Å². The lowest BCUT2D eigenvalue weighted by molar-refractivity contribution is -0.146. The maximum Gasteiger partial charge on any atom is 0.317 e. The smallest absolute Gasteiger partial charge is 0.317 e. The molecule has 2 amide bonds. The molecule has 2 N–H and O–H groups in total. The van der Waals surface area contributed by atoms with Crippen molar-refractivity contribution in [3.05, 3.63) is 0 Å². The van der Waals surface area contributed by atoms with E-state index < -0.39 is 11.4 Å². The van der Waals surface area contributed by atoms with Crippen LogP contribution in [0.15, 0.2) is 0 Å². The number of thioether (sulfide) groups is 1. The summed E-state index contributed by atoms with van der Waals surface area (Å²) >= 11 is 1.91. The predicted octanol–water partition coefficient (Wildman–Crippen LogP) is 1.78. The van der Waals surface area contributed by atoms with Gasteiger partial charge in [-0.15, -0.1) is 0 Å². The van der Waals surface area contributed by atoms with E-state index in [-0.39, 0.29) is 10.8 Å². The minimum Gasteiger partial charge on any atom is -0.481 e. The minimum atomic E-state index is -0.818. The van der Waals surface area contributed by atoms with Crippen LogP contribution < -0.4 is 5.32 Å². The zero-order valence-electron chi connectivity index (χ0n) is 11.6. The van der Waals surface area contributed by atoms with Crippen molar-refractivity contribution >= 4 is 23.8 Å². The van der Waals surface area contributed by atoms with Crippen LogP contribution in [0.2, 0.25) is 0 Å². The first kappa shape index (κ1) is 14.5. The van der Waals surface area contributed by atoms with Gasteiger partial charge >= 0.3 is 12.0 Å². The summed E-state index contributed by atoms with van der Waals surface area (Å²) in [5.74, 6) is 0.341. The Morgan fingerprint density at radius 2 is 2.11 bits per heavy atom. The normalized spacial score (nSPS) is 34.5. The van der Waals surface area contributed by atoms with Crippen LogP contribution in [0.1, 0.15) is 33.1 Å². The highest BCUT2D eigenvalue weighted by atomic mass is 32.2. The van der Waals surface area contributed by atoms with E-state index in [1.165, 1.54) is 6.42 Å². The third kappa shape index (κ3) is 3.16. The van der Waals surface area contributed by atoms with Gasteiger partial charge in [-0.05, 0) is 38.9 Å². The molecule has 0 spiro atoms. The fraction of sp³-hybridized carbons (Fsp3) is 0.846. The van der Waals surface area contributed by atoms with Crippen LogP contribution in [0, 0.1) is 5.41 Å². The van der Waals surface area contributed by atoms with Gasteiger partial charge < -0.3 is 15.3 Å². The molecule has 0 radical (unpaired) electrons. The Kier molecular flexibility index (Phi) is 3.99. The van der Waals surface area contributed by atoms with Crippen LogP contribution in [0.3, 0.4) is 0 Å². The molecular formula is C13H22N2O3S. The second kappa shape index (κ2) is 5.23. The minimum absolute atomic E-state index is 0.126. The van der Waals surface area contributed by atoms with E-state index in [2.05, 4.69) is 12.2 Å². The van der Waals surface area contributed by atoms with Gasteiger partial charge in [-0.1, -0.05) is 0 Å². The first-order valence-electron chi connectivity index (χ1n) is 6.75. The summed E-state index contributed by atoms with van der Waals surface area (Å²) in [5, 5.41) is 12.1. The Balaban J connectivity index is 1.83. The van der Waals surface area contributed by atoms with E-state index in [0.717, 1.165) is 12.2 Å². The lowest BCUT2D eigenvalue weighted by Crippen LogP contribution is -2.45. The highest BCUT2D eigenvalue weighted by molar-refractivity contribution is 8.00. The van der Waals surface area contributed by atoms with Gasteiger partial charge in [-0.25, -0.2) is 4.79 Å². The number of hydrogen-bond acceptors (Lipinski definition) is 3. The number of carbonyl (C=O) groups excluding carboxylic acids is 1. The zero-order chi connectivity index (χ0) is 14.1. The summed E-state index contributed by atoms with van der Waals surface area (Å²) < 4.78 is 0.144. The Hall–Kier alpha value is -0.910. The average molecular weight is 286 g/mol. The zero-order valence-corrected chi connectivity index (χ0v) is 12.4. The number of nitrogens with zero attached hydrogens (tertiary/aromatic N) is 1. The Labute approximate surface area is 118 Å². The summed E-state index contributed by atoms with van der Waals surface area (Å²) in [4.78, 5) is 24.8. The molecule has 0 bridgehead atoms. The lowest BCUT2D eigenvalue weighted by Gasteiger charge is -2.26. The first-order chi connectivity index (χ1) is 8.85. The molecule has 0 aromatic heterocycles. The van der Waals surface area contributed by atoms with Gasteiger partial charge in [-0.3, -0.25) is 4.79 Å². The fourth-order valence-electron chi connectivity index (χ4n) is 2.66. The van der Waals surface area contributed by atoms with Gasteiger partial charge in [0, 0.05) is 24.4 Å². The topological polar surface area (TPSA) is 69.6 Å². The van der Waals surface area contributed by atoms with Crippen molar-refractivity contribution in [2.75, 3.05) is 25.4 Å². The second-order valence-electron chi connectivity index (χ2n) is 6.10. The molecule has 5 nitrogen and oxygen atoms in total. The number of rotatable bonds is 3. The molecule has 2 atom stereocenters. The molecule has 6 heteroatoms. The molecule has 2 fully saturated rings. The third-order valence-electron chi connectivity index (χ3n) is 4.19. The van der Waals surface area contributed by atoms with Crippen LogP contribution in [0.5, 0.6) is 0 Å². The number of nitrogens with one attached hydrogen (secondary N) is 1. The highest BCUT2D eigenvalue weighted by Crippen LogP contribution is 2.37. The fourth-order valence-corrected chi connectivity index (χ4v) is 3.90. The van der Waals surface area contributed by atoms with Crippen molar-refractivity contribution in [1.29, 1.82) is 0 Å². The van der Waals surface area contributed by atoms with E-state index in [4.69, 9.17) is 5.11 Å². The van der Waals surface area contributed by atoms with Crippen molar-refractivity contribution < 1.29 is 14.7 Å². The largest absolute Gasteiger partial charge is 0.481 e.